The molecular weight excluding hydrogens is 534 g/mol. The van der Waals surface area contributed by atoms with Crippen LogP contribution in [-0.4, -0.2) is 0 Å². The van der Waals surface area contributed by atoms with E-state index < -0.39 is 0 Å². The SMILES string of the molecule is c1ccc(-c2ccc(N(c3ccc4ccccc4c3)c3ccc4ccc5ccccc5c4c3)c3c2oc2ccccc23)cc1. The van der Waals surface area contributed by atoms with Gasteiger partial charge in [0.25, 0.3) is 0 Å². The molecule has 0 unspecified atom stereocenters. The van der Waals surface area contributed by atoms with Crippen molar-refractivity contribution in [3.63, 3.8) is 0 Å². The van der Waals surface area contributed by atoms with Crippen LogP contribution in [0.15, 0.2) is 168 Å². The van der Waals surface area contributed by atoms with Crippen molar-refractivity contribution in [1.82, 2.24) is 0 Å². The molecule has 1 heterocycles. The van der Waals surface area contributed by atoms with Crippen LogP contribution < -0.4 is 4.90 Å². The minimum atomic E-state index is 0.884. The minimum Gasteiger partial charge on any atom is -0.455 e. The van der Waals surface area contributed by atoms with E-state index in [0.29, 0.717) is 0 Å². The molecule has 0 radical (unpaired) electrons. The lowest BCUT2D eigenvalue weighted by Gasteiger charge is -2.27. The third-order valence-corrected chi connectivity index (χ3v) is 8.81. The maximum atomic E-state index is 6.67. The molecule has 206 valence electrons. The van der Waals surface area contributed by atoms with E-state index in [1.807, 2.05) is 6.07 Å². The second-order valence-corrected chi connectivity index (χ2v) is 11.4. The van der Waals surface area contributed by atoms with E-state index in [-0.39, 0.29) is 0 Å². The van der Waals surface area contributed by atoms with Crippen LogP contribution in [0.25, 0.3) is 65.4 Å². The maximum absolute atomic E-state index is 6.67. The molecule has 0 saturated heterocycles. The van der Waals surface area contributed by atoms with Crippen molar-refractivity contribution >= 4 is 71.3 Å². The summed E-state index contributed by atoms with van der Waals surface area (Å²) in [6, 6.07) is 58.6. The summed E-state index contributed by atoms with van der Waals surface area (Å²) < 4.78 is 6.67. The predicted octanol–water partition coefficient (Wildman–Crippen LogP) is 12.2. The average Bonchev–Trinajstić information content (AvgIpc) is 3.49. The third kappa shape index (κ3) is 3.89. The van der Waals surface area contributed by atoms with Crippen LogP contribution in [0.4, 0.5) is 17.1 Å². The predicted molar refractivity (Wildman–Crippen MR) is 186 cm³/mol. The Kier molecular flexibility index (Phi) is 5.54. The summed E-state index contributed by atoms with van der Waals surface area (Å²) in [5.74, 6) is 0. The first-order chi connectivity index (χ1) is 21.8. The molecule has 1 aromatic heterocycles. The van der Waals surface area contributed by atoms with Crippen molar-refractivity contribution in [3.8, 4) is 11.1 Å². The molecule has 0 bridgehead atoms. The highest BCUT2D eigenvalue weighted by Crippen LogP contribution is 2.47. The second kappa shape index (κ2) is 9.86. The zero-order valence-electron chi connectivity index (χ0n) is 23.9. The lowest BCUT2D eigenvalue weighted by molar-refractivity contribution is 0.670. The molecule has 0 atom stereocenters. The van der Waals surface area contributed by atoms with E-state index in [1.165, 1.54) is 32.3 Å². The number of benzene rings is 8. The summed E-state index contributed by atoms with van der Waals surface area (Å²) in [6.45, 7) is 0. The molecule has 2 heteroatoms. The first kappa shape index (κ1) is 24.7. The van der Waals surface area contributed by atoms with Gasteiger partial charge in [-0.15, -0.1) is 0 Å². The number of rotatable bonds is 4. The van der Waals surface area contributed by atoms with E-state index >= 15 is 0 Å². The van der Waals surface area contributed by atoms with E-state index in [0.717, 1.165) is 50.1 Å². The van der Waals surface area contributed by atoms with Crippen molar-refractivity contribution in [1.29, 1.82) is 0 Å². The van der Waals surface area contributed by atoms with Gasteiger partial charge in [0.2, 0.25) is 0 Å². The molecule has 0 amide bonds. The van der Waals surface area contributed by atoms with Gasteiger partial charge in [-0.3, -0.25) is 0 Å². The van der Waals surface area contributed by atoms with E-state index in [9.17, 15) is 0 Å². The summed E-state index contributed by atoms with van der Waals surface area (Å²) in [5, 5.41) is 9.59. The molecule has 2 nitrogen and oxygen atoms in total. The van der Waals surface area contributed by atoms with Gasteiger partial charge < -0.3 is 9.32 Å². The number of para-hydroxylation sites is 1. The Labute approximate surface area is 255 Å². The van der Waals surface area contributed by atoms with Crippen LogP contribution in [0.5, 0.6) is 0 Å². The first-order valence-corrected chi connectivity index (χ1v) is 15.0. The van der Waals surface area contributed by atoms with Crippen molar-refractivity contribution in [2.75, 3.05) is 4.90 Å². The zero-order valence-corrected chi connectivity index (χ0v) is 23.9. The average molecular weight is 562 g/mol. The molecule has 9 aromatic rings. The molecule has 9 rings (SSSR count). The van der Waals surface area contributed by atoms with Crippen LogP contribution in [0.3, 0.4) is 0 Å². The van der Waals surface area contributed by atoms with Gasteiger partial charge in [-0.1, -0.05) is 121 Å². The van der Waals surface area contributed by atoms with Crippen LogP contribution in [0, 0.1) is 0 Å². The number of hydrogen-bond acceptors (Lipinski definition) is 2. The van der Waals surface area contributed by atoms with Crippen LogP contribution in [0.1, 0.15) is 0 Å². The zero-order chi connectivity index (χ0) is 29.0. The Morgan fingerprint density at radius 3 is 1.86 bits per heavy atom. The fourth-order valence-corrected chi connectivity index (χ4v) is 6.71. The summed E-state index contributed by atoms with van der Waals surface area (Å²) in [5.41, 5.74) is 7.29. The smallest absolute Gasteiger partial charge is 0.145 e. The second-order valence-electron chi connectivity index (χ2n) is 11.4. The first-order valence-electron chi connectivity index (χ1n) is 15.0. The lowest BCUT2D eigenvalue weighted by Crippen LogP contribution is -2.10. The number of nitrogens with zero attached hydrogens (tertiary/aromatic N) is 1. The normalized spacial score (nSPS) is 11.6. The van der Waals surface area contributed by atoms with E-state index in [2.05, 4.69) is 163 Å². The molecule has 0 N–H and O–H groups in total. The summed E-state index contributed by atoms with van der Waals surface area (Å²) in [4.78, 5) is 2.40. The summed E-state index contributed by atoms with van der Waals surface area (Å²) >= 11 is 0. The van der Waals surface area contributed by atoms with Gasteiger partial charge in [0.1, 0.15) is 11.2 Å². The fourth-order valence-electron chi connectivity index (χ4n) is 6.71. The molecule has 0 aliphatic rings. The van der Waals surface area contributed by atoms with Crippen LogP contribution in [-0.2, 0) is 0 Å². The molecule has 44 heavy (non-hydrogen) atoms. The monoisotopic (exact) mass is 561 g/mol. The number of furan rings is 1. The quantitative estimate of drug-likeness (QED) is 0.199. The van der Waals surface area contributed by atoms with Crippen LogP contribution in [0.2, 0.25) is 0 Å². The highest BCUT2D eigenvalue weighted by Gasteiger charge is 2.22. The molecule has 0 spiro atoms. The Balaban J connectivity index is 1.38. The van der Waals surface area contributed by atoms with Gasteiger partial charge >= 0.3 is 0 Å². The van der Waals surface area contributed by atoms with Gasteiger partial charge in [0, 0.05) is 22.3 Å². The Bertz CT molecular complexity index is 2510. The summed E-state index contributed by atoms with van der Waals surface area (Å²) in [6.07, 6.45) is 0. The molecule has 0 aliphatic heterocycles. The van der Waals surface area contributed by atoms with E-state index in [1.54, 1.807) is 0 Å². The molecule has 8 aromatic carbocycles. The van der Waals surface area contributed by atoms with Crippen molar-refractivity contribution in [3.05, 3.63) is 164 Å². The fraction of sp³-hybridized carbons (Fsp3) is 0. The van der Waals surface area contributed by atoms with Gasteiger partial charge in [-0.05, 0) is 80.3 Å². The number of hydrogen-bond donors (Lipinski definition) is 0. The number of fused-ring (bicyclic) bond motifs is 7. The largest absolute Gasteiger partial charge is 0.455 e. The minimum absolute atomic E-state index is 0.884. The van der Waals surface area contributed by atoms with Crippen molar-refractivity contribution in [2.24, 2.45) is 0 Å². The lowest BCUT2D eigenvalue weighted by atomic mass is 9.98. The maximum Gasteiger partial charge on any atom is 0.145 e. The van der Waals surface area contributed by atoms with Gasteiger partial charge in [0.15, 0.2) is 0 Å². The number of anilines is 3. The molecule has 0 fully saturated rings. The Hall–Kier alpha value is -5.86. The standard InChI is InChI=1S/C42H27NO/c1-2-11-29(12-3-1)36-24-25-39(41-37-16-8-9-17-40(37)44-42(36)41)43(33-22-20-28-10-4-5-14-32(28)26-33)34-23-21-31-19-18-30-13-6-7-15-35(30)38(31)27-34/h1-27H. The van der Waals surface area contributed by atoms with E-state index in [4.69, 9.17) is 4.42 Å². The van der Waals surface area contributed by atoms with Gasteiger partial charge in [-0.2, -0.15) is 0 Å². The third-order valence-electron chi connectivity index (χ3n) is 8.81. The highest BCUT2D eigenvalue weighted by molar-refractivity contribution is 6.17. The topological polar surface area (TPSA) is 16.4 Å². The summed E-state index contributed by atoms with van der Waals surface area (Å²) in [7, 11) is 0. The Morgan fingerprint density at radius 1 is 0.409 bits per heavy atom. The highest BCUT2D eigenvalue weighted by atomic mass is 16.3. The molecular formula is C42H27NO. The van der Waals surface area contributed by atoms with Crippen molar-refractivity contribution in [2.45, 2.75) is 0 Å². The molecule has 0 aliphatic carbocycles. The Morgan fingerprint density at radius 2 is 1.02 bits per heavy atom. The van der Waals surface area contributed by atoms with Crippen LogP contribution >= 0.6 is 0 Å². The van der Waals surface area contributed by atoms with Gasteiger partial charge in [0.05, 0.1) is 11.1 Å². The van der Waals surface area contributed by atoms with Crippen molar-refractivity contribution < 1.29 is 4.42 Å². The van der Waals surface area contributed by atoms with Gasteiger partial charge in [-0.25, -0.2) is 0 Å². The molecule has 0 saturated carbocycles.